The summed E-state index contributed by atoms with van der Waals surface area (Å²) in [4.78, 5) is 13.3. The third kappa shape index (κ3) is 3.96. The Bertz CT molecular complexity index is 429. The van der Waals surface area contributed by atoms with E-state index in [0.717, 1.165) is 6.42 Å². The van der Waals surface area contributed by atoms with Crippen molar-refractivity contribution in [2.75, 3.05) is 19.6 Å². The molecule has 0 atom stereocenters. The molecule has 0 radical (unpaired) electrons. The molecule has 106 valence electrons. The summed E-state index contributed by atoms with van der Waals surface area (Å²) in [6.07, 6.45) is 1.54. The average molecular weight is 274 g/mol. The zero-order valence-electron chi connectivity index (χ0n) is 10.8. The molecular weight excluding hydrogens is 257 g/mol. The van der Waals surface area contributed by atoms with E-state index in [1.807, 2.05) is 6.92 Å². The Kier molecular flexibility index (Phi) is 5.82. The van der Waals surface area contributed by atoms with Crippen LogP contribution in [0.3, 0.4) is 0 Å². The quantitative estimate of drug-likeness (QED) is 0.865. The van der Waals surface area contributed by atoms with Gasteiger partial charge in [-0.3, -0.25) is 4.79 Å². The molecule has 2 N–H and O–H groups in total. The van der Waals surface area contributed by atoms with E-state index in [0.29, 0.717) is 25.1 Å². The van der Waals surface area contributed by atoms with Crippen LogP contribution in [0, 0.1) is 17.5 Å². The van der Waals surface area contributed by atoms with Crippen molar-refractivity contribution in [3.8, 4) is 0 Å². The number of nitrogens with two attached hydrogens (primary N) is 1. The van der Waals surface area contributed by atoms with Gasteiger partial charge in [0, 0.05) is 31.8 Å². The second-order valence-corrected chi connectivity index (χ2v) is 4.18. The summed E-state index contributed by atoms with van der Waals surface area (Å²) >= 11 is 0. The number of nitrogens with zero attached hydrogens (tertiary/aromatic N) is 1. The van der Waals surface area contributed by atoms with Crippen LogP contribution in [0.25, 0.3) is 0 Å². The van der Waals surface area contributed by atoms with Gasteiger partial charge in [-0.15, -0.1) is 0 Å². The first-order valence-corrected chi connectivity index (χ1v) is 6.15. The van der Waals surface area contributed by atoms with Crippen molar-refractivity contribution in [2.45, 2.75) is 19.8 Å². The minimum atomic E-state index is -1.19. The van der Waals surface area contributed by atoms with Crippen LogP contribution in [0.2, 0.25) is 0 Å². The van der Waals surface area contributed by atoms with Gasteiger partial charge in [0.15, 0.2) is 0 Å². The topological polar surface area (TPSA) is 46.3 Å². The predicted molar refractivity (Wildman–Crippen MR) is 66.2 cm³/mol. The fourth-order valence-corrected chi connectivity index (χ4v) is 1.72. The number of unbranched alkanes of at least 4 members (excludes halogenated alkanes) is 1. The first-order chi connectivity index (χ1) is 9.01. The fraction of sp³-hybridized carbons (Fsp3) is 0.462. The van der Waals surface area contributed by atoms with Crippen LogP contribution in [0.5, 0.6) is 0 Å². The highest BCUT2D eigenvalue weighted by molar-refractivity contribution is 5.94. The maximum Gasteiger partial charge on any atom is 0.259 e. The monoisotopic (exact) mass is 274 g/mol. The van der Waals surface area contributed by atoms with Crippen LogP contribution in [0.1, 0.15) is 30.1 Å². The van der Waals surface area contributed by atoms with E-state index < -0.39 is 28.9 Å². The van der Waals surface area contributed by atoms with E-state index in [2.05, 4.69) is 0 Å². The van der Waals surface area contributed by atoms with Gasteiger partial charge in [-0.25, -0.2) is 13.2 Å². The smallest absolute Gasteiger partial charge is 0.259 e. The Morgan fingerprint density at radius 2 is 1.79 bits per heavy atom. The first kappa shape index (κ1) is 15.5. The molecule has 1 amide bonds. The normalized spacial score (nSPS) is 10.6. The van der Waals surface area contributed by atoms with Crippen LogP contribution in [-0.2, 0) is 0 Å². The van der Waals surface area contributed by atoms with Gasteiger partial charge in [0.1, 0.15) is 23.0 Å². The maximum absolute atomic E-state index is 13.5. The zero-order valence-corrected chi connectivity index (χ0v) is 10.8. The summed E-state index contributed by atoms with van der Waals surface area (Å²) in [5, 5.41) is 0. The zero-order chi connectivity index (χ0) is 14.4. The van der Waals surface area contributed by atoms with E-state index >= 15 is 0 Å². The molecule has 6 heteroatoms. The van der Waals surface area contributed by atoms with Gasteiger partial charge in [-0.1, -0.05) is 13.3 Å². The third-order valence-corrected chi connectivity index (χ3v) is 2.69. The second kappa shape index (κ2) is 7.13. The Morgan fingerprint density at radius 3 is 2.26 bits per heavy atom. The summed E-state index contributed by atoms with van der Waals surface area (Å²) in [6, 6.07) is 0.994. The van der Waals surface area contributed by atoms with Crippen molar-refractivity contribution in [2.24, 2.45) is 5.73 Å². The van der Waals surface area contributed by atoms with Crippen LogP contribution in [0.15, 0.2) is 12.1 Å². The van der Waals surface area contributed by atoms with Gasteiger partial charge in [0.05, 0.1) is 0 Å². The third-order valence-electron chi connectivity index (χ3n) is 2.69. The largest absolute Gasteiger partial charge is 0.337 e. The fourth-order valence-electron chi connectivity index (χ4n) is 1.72. The molecule has 1 rings (SSSR count). The van der Waals surface area contributed by atoms with Crippen LogP contribution in [0.4, 0.5) is 13.2 Å². The van der Waals surface area contributed by atoms with Crippen molar-refractivity contribution in [1.82, 2.24) is 4.90 Å². The number of amides is 1. The molecule has 0 fully saturated rings. The minimum absolute atomic E-state index is 0.194. The molecule has 1 aromatic carbocycles. The maximum atomic E-state index is 13.5. The molecule has 0 aliphatic rings. The molecule has 0 bridgehead atoms. The van der Waals surface area contributed by atoms with E-state index in [4.69, 9.17) is 5.73 Å². The molecule has 19 heavy (non-hydrogen) atoms. The number of halogens is 3. The standard InChI is InChI=1S/C13H17F3N2O/c1-2-3-5-18(6-4-17)13(19)12-10(15)7-9(14)8-11(12)16/h7-8H,2-6,17H2,1H3. The summed E-state index contributed by atoms with van der Waals surface area (Å²) < 4.78 is 39.9. The highest BCUT2D eigenvalue weighted by Gasteiger charge is 2.23. The Labute approximate surface area is 110 Å². The molecule has 0 aliphatic heterocycles. The van der Waals surface area contributed by atoms with Gasteiger partial charge in [0.2, 0.25) is 0 Å². The highest BCUT2D eigenvalue weighted by Crippen LogP contribution is 2.17. The number of hydrogen-bond donors (Lipinski definition) is 1. The number of hydrogen-bond acceptors (Lipinski definition) is 2. The van der Waals surface area contributed by atoms with Crippen LogP contribution >= 0.6 is 0 Å². The van der Waals surface area contributed by atoms with Gasteiger partial charge in [-0.2, -0.15) is 0 Å². The van der Waals surface area contributed by atoms with E-state index in [1.54, 1.807) is 0 Å². The van der Waals surface area contributed by atoms with Crippen LogP contribution < -0.4 is 5.73 Å². The molecule has 0 spiro atoms. The van der Waals surface area contributed by atoms with Crippen molar-refractivity contribution >= 4 is 5.91 Å². The Morgan fingerprint density at radius 1 is 1.21 bits per heavy atom. The molecule has 3 nitrogen and oxygen atoms in total. The number of rotatable bonds is 6. The lowest BCUT2D eigenvalue weighted by Crippen LogP contribution is -2.37. The van der Waals surface area contributed by atoms with Gasteiger partial charge < -0.3 is 10.6 Å². The summed E-state index contributed by atoms with van der Waals surface area (Å²) in [5.74, 6) is -4.23. The van der Waals surface area contributed by atoms with Crippen molar-refractivity contribution in [3.63, 3.8) is 0 Å². The van der Waals surface area contributed by atoms with Crippen LogP contribution in [-0.4, -0.2) is 30.4 Å². The lowest BCUT2D eigenvalue weighted by atomic mass is 10.1. The van der Waals surface area contributed by atoms with E-state index in [-0.39, 0.29) is 13.1 Å². The molecule has 1 aromatic rings. The lowest BCUT2D eigenvalue weighted by molar-refractivity contribution is 0.0748. The summed E-state index contributed by atoms with van der Waals surface area (Å²) in [6.45, 7) is 2.70. The Hall–Kier alpha value is -1.56. The predicted octanol–water partition coefficient (Wildman–Crippen LogP) is 2.30. The van der Waals surface area contributed by atoms with E-state index in [1.165, 1.54) is 4.90 Å². The van der Waals surface area contributed by atoms with E-state index in [9.17, 15) is 18.0 Å². The molecular formula is C13H17F3N2O. The number of carbonyl (C=O) groups excluding carboxylic acids is 1. The highest BCUT2D eigenvalue weighted by atomic mass is 19.1. The van der Waals surface area contributed by atoms with Gasteiger partial charge in [-0.05, 0) is 6.42 Å². The molecule has 0 unspecified atom stereocenters. The summed E-state index contributed by atoms with van der Waals surface area (Å²) in [5.41, 5.74) is 4.65. The number of benzene rings is 1. The Balaban J connectivity index is 3.02. The number of carbonyl (C=O) groups is 1. The molecule has 0 saturated carbocycles. The molecule has 0 aliphatic carbocycles. The summed E-state index contributed by atoms with van der Waals surface area (Å²) in [7, 11) is 0. The first-order valence-electron chi connectivity index (χ1n) is 6.15. The molecule has 0 saturated heterocycles. The molecule has 0 heterocycles. The van der Waals surface area contributed by atoms with Crippen molar-refractivity contribution < 1.29 is 18.0 Å². The van der Waals surface area contributed by atoms with Gasteiger partial charge in [0.25, 0.3) is 5.91 Å². The van der Waals surface area contributed by atoms with Gasteiger partial charge >= 0.3 is 0 Å². The SMILES string of the molecule is CCCCN(CCN)C(=O)c1c(F)cc(F)cc1F. The average Bonchev–Trinajstić information content (AvgIpc) is 2.33. The minimum Gasteiger partial charge on any atom is -0.337 e. The van der Waals surface area contributed by atoms with Crippen molar-refractivity contribution in [1.29, 1.82) is 0 Å². The second-order valence-electron chi connectivity index (χ2n) is 4.18. The van der Waals surface area contributed by atoms with Crippen molar-refractivity contribution in [3.05, 3.63) is 35.1 Å². The lowest BCUT2D eigenvalue weighted by Gasteiger charge is -2.22. The molecule has 0 aromatic heterocycles.